The molecule has 0 fully saturated rings. The zero-order chi connectivity index (χ0) is 25.1. The van der Waals surface area contributed by atoms with Crippen LogP contribution in [0.5, 0.6) is 0 Å². The number of nitrogens with zero attached hydrogens (tertiary/aromatic N) is 2. The molecule has 3 amide bonds. The average Bonchev–Trinajstić information content (AvgIpc) is 2.97. The first-order valence-electron chi connectivity index (χ1n) is 11.2. The molecule has 182 valence electrons. The Hall–Kier alpha value is -3.20. The summed E-state index contributed by atoms with van der Waals surface area (Å²) in [7, 11) is -3.92. The molecule has 0 saturated carbocycles. The largest absolute Gasteiger partial charge is 0.350 e. The van der Waals surface area contributed by atoms with Gasteiger partial charge >= 0.3 is 0 Å². The Kier molecular flexibility index (Phi) is 7.45. The average molecular weight is 486 g/mol. The summed E-state index contributed by atoms with van der Waals surface area (Å²) in [6.07, 6.45) is 0.145. The highest BCUT2D eigenvalue weighted by atomic mass is 32.2. The Bertz CT molecular complexity index is 1170. The summed E-state index contributed by atoms with van der Waals surface area (Å²) < 4.78 is 26.3. The minimum absolute atomic E-state index is 0.00435. The zero-order valence-corrected chi connectivity index (χ0v) is 20.8. The first kappa shape index (κ1) is 25.4. The summed E-state index contributed by atoms with van der Waals surface area (Å²) in [5.74, 6) is -1.14. The lowest BCUT2D eigenvalue weighted by Gasteiger charge is -2.31. The van der Waals surface area contributed by atoms with Crippen LogP contribution in [0.4, 0.5) is 0 Å². The van der Waals surface area contributed by atoms with Gasteiger partial charge in [0.25, 0.3) is 15.9 Å². The van der Waals surface area contributed by atoms with Crippen LogP contribution in [-0.4, -0.2) is 53.5 Å². The Morgan fingerprint density at radius 1 is 1.03 bits per heavy atom. The fraction of sp³-hybridized carbons (Fsp3) is 0.400. The standard InChI is InChI=1S/C25H31N3O5S/c1-18(23(30)26-25(2,3)4)27(17-19-11-6-5-7-12-19)22(29)15-10-16-28-24(31)20-13-8-9-14-21(20)34(28,32)33/h5-9,11-14,18H,10,15-17H2,1-4H3,(H,26,30)/t18-/m0/s1. The van der Waals surface area contributed by atoms with E-state index in [1.165, 1.54) is 17.0 Å². The summed E-state index contributed by atoms with van der Waals surface area (Å²) in [5, 5.41) is 2.90. The second kappa shape index (κ2) is 9.97. The lowest BCUT2D eigenvalue weighted by atomic mass is 10.1. The van der Waals surface area contributed by atoms with Crippen LogP contribution in [0.2, 0.25) is 0 Å². The van der Waals surface area contributed by atoms with Crippen LogP contribution >= 0.6 is 0 Å². The van der Waals surface area contributed by atoms with E-state index in [0.717, 1.165) is 9.87 Å². The number of amides is 3. The van der Waals surface area contributed by atoms with E-state index in [1.54, 1.807) is 19.1 Å². The number of carbonyl (C=O) groups is 3. The van der Waals surface area contributed by atoms with Crippen molar-refractivity contribution < 1.29 is 22.8 Å². The molecule has 1 aliphatic rings. The molecule has 0 aromatic heterocycles. The maximum atomic E-state index is 13.2. The van der Waals surface area contributed by atoms with E-state index < -0.39 is 27.5 Å². The van der Waals surface area contributed by atoms with Crippen LogP contribution in [0.15, 0.2) is 59.5 Å². The topological polar surface area (TPSA) is 104 Å². The third-order valence-corrected chi connectivity index (χ3v) is 7.37. The van der Waals surface area contributed by atoms with E-state index in [0.29, 0.717) is 0 Å². The van der Waals surface area contributed by atoms with Crippen molar-refractivity contribution in [3.63, 3.8) is 0 Å². The van der Waals surface area contributed by atoms with Crippen LogP contribution in [-0.2, 0) is 26.2 Å². The first-order chi connectivity index (χ1) is 15.9. The molecule has 0 saturated heterocycles. The molecule has 2 aromatic carbocycles. The highest BCUT2D eigenvalue weighted by Gasteiger charge is 2.40. The molecule has 8 nitrogen and oxygen atoms in total. The van der Waals surface area contributed by atoms with E-state index in [-0.39, 0.29) is 48.2 Å². The predicted octanol–water partition coefficient (Wildman–Crippen LogP) is 2.94. The van der Waals surface area contributed by atoms with E-state index in [2.05, 4.69) is 5.32 Å². The molecule has 3 rings (SSSR count). The number of benzene rings is 2. The second-order valence-electron chi connectivity index (χ2n) is 9.40. The van der Waals surface area contributed by atoms with E-state index in [4.69, 9.17) is 0 Å². The Morgan fingerprint density at radius 2 is 1.65 bits per heavy atom. The number of rotatable bonds is 8. The van der Waals surface area contributed by atoms with Gasteiger partial charge in [0.1, 0.15) is 10.9 Å². The minimum atomic E-state index is -3.92. The van der Waals surface area contributed by atoms with Gasteiger partial charge in [0.05, 0.1) is 5.56 Å². The van der Waals surface area contributed by atoms with E-state index >= 15 is 0 Å². The van der Waals surface area contributed by atoms with Gasteiger partial charge in [0.2, 0.25) is 11.8 Å². The molecule has 1 aliphatic heterocycles. The predicted molar refractivity (Wildman–Crippen MR) is 128 cm³/mol. The quantitative estimate of drug-likeness (QED) is 0.619. The monoisotopic (exact) mass is 485 g/mol. The van der Waals surface area contributed by atoms with Crippen molar-refractivity contribution in [1.82, 2.24) is 14.5 Å². The van der Waals surface area contributed by atoms with Gasteiger partial charge < -0.3 is 10.2 Å². The normalized spacial score (nSPS) is 15.5. The summed E-state index contributed by atoms with van der Waals surface area (Å²) >= 11 is 0. The molecule has 9 heteroatoms. The van der Waals surface area contributed by atoms with Crippen molar-refractivity contribution in [3.05, 3.63) is 65.7 Å². The van der Waals surface area contributed by atoms with Gasteiger partial charge in [-0.15, -0.1) is 0 Å². The van der Waals surface area contributed by atoms with Gasteiger partial charge in [0, 0.05) is 25.0 Å². The smallest absolute Gasteiger partial charge is 0.269 e. The van der Waals surface area contributed by atoms with Crippen molar-refractivity contribution in [2.45, 2.75) is 63.6 Å². The summed E-state index contributed by atoms with van der Waals surface area (Å²) in [6, 6.07) is 14.7. The van der Waals surface area contributed by atoms with Crippen molar-refractivity contribution >= 4 is 27.7 Å². The zero-order valence-electron chi connectivity index (χ0n) is 19.9. The molecule has 0 bridgehead atoms. The van der Waals surface area contributed by atoms with Crippen LogP contribution in [0, 0.1) is 0 Å². The molecule has 2 aromatic rings. The lowest BCUT2D eigenvalue weighted by molar-refractivity contribution is -0.141. The van der Waals surface area contributed by atoms with Crippen LogP contribution in [0.1, 0.15) is 56.5 Å². The van der Waals surface area contributed by atoms with Gasteiger partial charge in [-0.25, -0.2) is 12.7 Å². The minimum Gasteiger partial charge on any atom is -0.350 e. The SMILES string of the molecule is C[C@@H](C(=O)NC(C)(C)C)N(Cc1ccccc1)C(=O)CCCN1C(=O)c2ccccc2S1(=O)=O. The fourth-order valence-corrected chi connectivity index (χ4v) is 5.41. The third kappa shape index (κ3) is 5.64. The Morgan fingerprint density at radius 3 is 2.26 bits per heavy atom. The molecule has 1 heterocycles. The number of hydrogen-bond acceptors (Lipinski definition) is 5. The summed E-state index contributed by atoms with van der Waals surface area (Å²) in [5.41, 5.74) is 0.567. The second-order valence-corrected chi connectivity index (χ2v) is 11.2. The molecule has 34 heavy (non-hydrogen) atoms. The third-order valence-electron chi connectivity index (χ3n) is 5.53. The Balaban J connectivity index is 1.70. The van der Waals surface area contributed by atoms with Gasteiger partial charge in [-0.2, -0.15) is 0 Å². The number of hydrogen-bond donors (Lipinski definition) is 1. The van der Waals surface area contributed by atoms with Crippen LogP contribution < -0.4 is 5.32 Å². The van der Waals surface area contributed by atoms with Gasteiger partial charge in [-0.3, -0.25) is 14.4 Å². The number of carbonyl (C=O) groups excluding carboxylic acids is 3. The highest BCUT2D eigenvalue weighted by molar-refractivity contribution is 7.90. The molecule has 0 spiro atoms. The first-order valence-corrected chi connectivity index (χ1v) is 12.7. The number of sulfonamides is 1. The molecule has 0 aliphatic carbocycles. The van der Waals surface area contributed by atoms with Crippen LogP contribution in [0.3, 0.4) is 0 Å². The maximum Gasteiger partial charge on any atom is 0.269 e. The van der Waals surface area contributed by atoms with E-state index in [1.807, 2.05) is 51.1 Å². The van der Waals surface area contributed by atoms with Crippen molar-refractivity contribution in [2.24, 2.45) is 0 Å². The Labute approximate surface area is 201 Å². The van der Waals surface area contributed by atoms with Gasteiger partial charge in [0.15, 0.2) is 0 Å². The molecule has 1 N–H and O–H groups in total. The maximum absolute atomic E-state index is 13.2. The molecular weight excluding hydrogens is 454 g/mol. The van der Waals surface area contributed by atoms with Crippen molar-refractivity contribution in [3.8, 4) is 0 Å². The number of fused-ring (bicyclic) bond motifs is 1. The van der Waals surface area contributed by atoms with Gasteiger partial charge in [-0.1, -0.05) is 42.5 Å². The number of nitrogens with one attached hydrogen (secondary N) is 1. The fourth-order valence-electron chi connectivity index (χ4n) is 3.81. The highest BCUT2D eigenvalue weighted by Crippen LogP contribution is 2.30. The van der Waals surface area contributed by atoms with Crippen molar-refractivity contribution in [1.29, 1.82) is 0 Å². The van der Waals surface area contributed by atoms with Crippen LogP contribution in [0.25, 0.3) is 0 Å². The molecular formula is C25H31N3O5S. The summed E-state index contributed by atoms with van der Waals surface area (Å²) in [4.78, 5) is 40.1. The molecule has 1 atom stereocenters. The lowest BCUT2D eigenvalue weighted by Crippen LogP contribution is -2.52. The summed E-state index contributed by atoms with van der Waals surface area (Å²) in [6.45, 7) is 7.41. The van der Waals surface area contributed by atoms with Gasteiger partial charge in [-0.05, 0) is 51.8 Å². The molecule has 0 radical (unpaired) electrons. The van der Waals surface area contributed by atoms with Crippen molar-refractivity contribution in [2.75, 3.05) is 6.54 Å². The molecule has 0 unspecified atom stereocenters. The van der Waals surface area contributed by atoms with E-state index in [9.17, 15) is 22.8 Å².